The smallest absolute Gasteiger partial charge is 0.408 e. The second-order valence-electron chi connectivity index (χ2n) is 5.73. The molecule has 3 N–H and O–H groups in total. The van der Waals surface area contributed by atoms with Gasteiger partial charge in [0.25, 0.3) is 0 Å². The summed E-state index contributed by atoms with van der Waals surface area (Å²) >= 11 is 0. The summed E-state index contributed by atoms with van der Waals surface area (Å²) in [6, 6.07) is 7.68. The van der Waals surface area contributed by atoms with Crippen molar-refractivity contribution < 1.29 is 24.6 Å². The number of hydrogen-bond donors (Lipinski definition) is 3. The molecule has 0 saturated heterocycles. The number of aryl methyl sites for hydroxylation is 1. The first kappa shape index (κ1) is 16.9. The van der Waals surface area contributed by atoms with Crippen LogP contribution in [0.15, 0.2) is 36.5 Å². The Kier molecular flexibility index (Phi) is 4.68. The van der Waals surface area contributed by atoms with Gasteiger partial charge in [-0.3, -0.25) is 14.4 Å². The normalized spacial score (nSPS) is 19.5. The number of benzene rings is 1. The van der Waals surface area contributed by atoms with Crippen molar-refractivity contribution in [2.75, 3.05) is 6.54 Å². The molecule has 9 heteroatoms. The Balaban J connectivity index is 1.81. The molecular formula is C16H18N4O5. The SMILES string of the molecule is Cn1ncc2c1C(C(=O)O)N(C(=O)O)CC2NOCc1ccccc1. The molecule has 2 atom stereocenters. The van der Waals surface area contributed by atoms with Crippen molar-refractivity contribution in [1.82, 2.24) is 20.2 Å². The van der Waals surface area contributed by atoms with Crippen LogP contribution in [0.5, 0.6) is 0 Å². The fourth-order valence-corrected chi connectivity index (χ4v) is 2.95. The van der Waals surface area contributed by atoms with Crippen LogP contribution in [-0.2, 0) is 23.3 Å². The number of aromatic nitrogens is 2. The van der Waals surface area contributed by atoms with Gasteiger partial charge < -0.3 is 10.2 Å². The summed E-state index contributed by atoms with van der Waals surface area (Å²) in [5.41, 5.74) is 4.72. The molecule has 2 unspecified atom stereocenters. The van der Waals surface area contributed by atoms with Crippen molar-refractivity contribution in [1.29, 1.82) is 0 Å². The number of aliphatic carboxylic acids is 1. The van der Waals surface area contributed by atoms with E-state index in [1.807, 2.05) is 30.3 Å². The van der Waals surface area contributed by atoms with Crippen LogP contribution in [0, 0.1) is 0 Å². The van der Waals surface area contributed by atoms with E-state index in [1.165, 1.54) is 10.9 Å². The summed E-state index contributed by atoms with van der Waals surface area (Å²) in [7, 11) is 1.59. The molecular weight excluding hydrogens is 328 g/mol. The minimum Gasteiger partial charge on any atom is -0.479 e. The summed E-state index contributed by atoms with van der Waals surface area (Å²) in [5.74, 6) is -1.24. The molecule has 3 rings (SSSR count). The van der Waals surface area contributed by atoms with Crippen LogP contribution < -0.4 is 5.48 Å². The standard InChI is InChI=1S/C16H18N4O5/c1-19-13-11(7-17-19)12(8-20(16(23)24)14(13)15(21)22)18-25-9-10-5-3-2-4-6-10/h2-7,12,14,18H,8-9H2,1H3,(H,21,22)(H,23,24). The molecule has 1 aromatic heterocycles. The Bertz CT molecular complexity index is 776. The molecule has 0 saturated carbocycles. The molecule has 2 heterocycles. The van der Waals surface area contributed by atoms with E-state index in [4.69, 9.17) is 4.84 Å². The predicted octanol–water partition coefficient (Wildman–Crippen LogP) is 1.30. The third kappa shape index (κ3) is 3.32. The van der Waals surface area contributed by atoms with Crippen LogP contribution >= 0.6 is 0 Å². The van der Waals surface area contributed by atoms with E-state index in [2.05, 4.69) is 10.6 Å². The van der Waals surface area contributed by atoms with Gasteiger partial charge in [-0.05, 0) is 5.56 Å². The highest BCUT2D eigenvalue weighted by Crippen LogP contribution is 2.34. The van der Waals surface area contributed by atoms with Crippen LogP contribution in [0.2, 0.25) is 0 Å². The molecule has 0 spiro atoms. The molecule has 1 aliphatic rings. The average Bonchev–Trinajstić information content (AvgIpc) is 2.97. The first-order chi connectivity index (χ1) is 12.0. The van der Waals surface area contributed by atoms with Crippen LogP contribution in [0.3, 0.4) is 0 Å². The van der Waals surface area contributed by atoms with Gasteiger partial charge >= 0.3 is 12.1 Å². The Morgan fingerprint density at radius 2 is 2.04 bits per heavy atom. The van der Waals surface area contributed by atoms with E-state index in [-0.39, 0.29) is 6.54 Å². The number of nitrogens with one attached hydrogen (secondary N) is 1. The predicted molar refractivity (Wildman–Crippen MR) is 85.4 cm³/mol. The summed E-state index contributed by atoms with van der Waals surface area (Å²) in [5, 5.41) is 22.9. The number of nitrogens with zero attached hydrogens (tertiary/aromatic N) is 3. The van der Waals surface area contributed by atoms with Crippen LogP contribution in [0.25, 0.3) is 0 Å². The number of amides is 1. The maximum absolute atomic E-state index is 11.6. The van der Waals surface area contributed by atoms with Gasteiger partial charge in [0, 0.05) is 19.2 Å². The number of carboxylic acid groups (broad SMARTS) is 2. The summed E-state index contributed by atoms with van der Waals surface area (Å²) < 4.78 is 1.38. The largest absolute Gasteiger partial charge is 0.479 e. The molecule has 0 fully saturated rings. The van der Waals surface area contributed by atoms with Gasteiger partial charge in [0.15, 0.2) is 6.04 Å². The fourth-order valence-electron chi connectivity index (χ4n) is 2.95. The zero-order chi connectivity index (χ0) is 18.0. The van der Waals surface area contributed by atoms with Gasteiger partial charge in [-0.2, -0.15) is 10.6 Å². The van der Waals surface area contributed by atoms with Gasteiger partial charge in [0.2, 0.25) is 0 Å². The van der Waals surface area contributed by atoms with Crippen molar-refractivity contribution in [3.8, 4) is 0 Å². The Morgan fingerprint density at radius 1 is 1.32 bits per heavy atom. The first-order valence-electron chi connectivity index (χ1n) is 7.64. The lowest BCUT2D eigenvalue weighted by molar-refractivity contribution is -0.144. The monoisotopic (exact) mass is 346 g/mol. The highest BCUT2D eigenvalue weighted by atomic mass is 16.6. The van der Waals surface area contributed by atoms with E-state index in [9.17, 15) is 19.8 Å². The third-order valence-electron chi connectivity index (χ3n) is 4.13. The van der Waals surface area contributed by atoms with Gasteiger partial charge in [0.1, 0.15) is 0 Å². The van der Waals surface area contributed by atoms with Gasteiger partial charge in [-0.15, -0.1) is 0 Å². The Morgan fingerprint density at radius 3 is 2.68 bits per heavy atom. The fraction of sp³-hybridized carbons (Fsp3) is 0.312. The van der Waals surface area contributed by atoms with E-state index < -0.39 is 24.1 Å². The molecule has 0 radical (unpaired) electrons. The molecule has 9 nitrogen and oxygen atoms in total. The zero-order valence-electron chi connectivity index (χ0n) is 13.5. The maximum Gasteiger partial charge on any atom is 0.408 e. The second-order valence-corrected chi connectivity index (χ2v) is 5.73. The van der Waals surface area contributed by atoms with E-state index in [0.717, 1.165) is 10.5 Å². The minimum atomic E-state index is -1.31. The molecule has 1 aliphatic heterocycles. The lowest BCUT2D eigenvalue weighted by Crippen LogP contribution is -2.48. The highest BCUT2D eigenvalue weighted by Gasteiger charge is 2.42. The summed E-state index contributed by atoms with van der Waals surface area (Å²) in [6.07, 6.45) is 0.225. The summed E-state index contributed by atoms with van der Waals surface area (Å²) in [4.78, 5) is 29.5. The second kappa shape index (κ2) is 6.91. The average molecular weight is 346 g/mol. The van der Waals surface area contributed by atoms with Crippen molar-refractivity contribution >= 4 is 12.1 Å². The van der Waals surface area contributed by atoms with Crippen LogP contribution in [0.1, 0.15) is 28.9 Å². The van der Waals surface area contributed by atoms with Crippen molar-refractivity contribution in [3.05, 3.63) is 53.3 Å². The lowest BCUT2D eigenvalue weighted by Gasteiger charge is -2.35. The number of carboxylic acids is 1. The van der Waals surface area contributed by atoms with E-state index in [1.54, 1.807) is 7.05 Å². The molecule has 0 bridgehead atoms. The van der Waals surface area contributed by atoms with Crippen molar-refractivity contribution in [3.63, 3.8) is 0 Å². The molecule has 132 valence electrons. The highest BCUT2D eigenvalue weighted by molar-refractivity contribution is 5.81. The summed E-state index contributed by atoms with van der Waals surface area (Å²) in [6.45, 7) is 0.238. The number of hydroxylamine groups is 1. The van der Waals surface area contributed by atoms with Crippen molar-refractivity contribution in [2.24, 2.45) is 7.05 Å². The maximum atomic E-state index is 11.6. The molecule has 2 aromatic rings. The van der Waals surface area contributed by atoms with Gasteiger partial charge in [-0.1, -0.05) is 30.3 Å². The number of carbonyl (C=O) groups is 2. The topological polar surface area (TPSA) is 117 Å². The molecule has 1 amide bonds. The van der Waals surface area contributed by atoms with Gasteiger partial charge in [-0.25, -0.2) is 9.59 Å². The zero-order valence-corrected chi connectivity index (χ0v) is 13.5. The van der Waals surface area contributed by atoms with E-state index in [0.29, 0.717) is 17.9 Å². The van der Waals surface area contributed by atoms with E-state index >= 15 is 0 Å². The molecule has 25 heavy (non-hydrogen) atoms. The molecule has 1 aromatic carbocycles. The third-order valence-corrected chi connectivity index (χ3v) is 4.13. The minimum absolute atomic E-state index is 0.0558. The number of rotatable bonds is 5. The Hall–Kier alpha value is -2.91. The number of fused-ring (bicyclic) bond motifs is 1. The van der Waals surface area contributed by atoms with Crippen LogP contribution in [0.4, 0.5) is 4.79 Å². The molecule has 0 aliphatic carbocycles. The quantitative estimate of drug-likeness (QED) is 0.699. The van der Waals surface area contributed by atoms with Gasteiger partial charge in [0.05, 0.1) is 24.5 Å². The van der Waals surface area contributed by atoms with Crippen molar-refractivity contribution in [2.45, 2.75) is 18.7 Å². The number of hydrogen-bond acceptors (Lipinski definition) is 5. The lowest BCUT2D eigenvalue weighted by atomic mass is 9.96. The van der Waals surface area contributed by atoms with Crippen LogP contribution in [-0.4, -0.2) is 43.5 Å². The Labute approximate surface area is 143 Å². The first-order valence-corrected chi connectivity index (χ1v) is 7.64.